The maximum Gasteiger partial charge on any atom is 0.267 e. The zero-order valence-corrected chi connectivity index (χ0v) is 17.7. The van der Waals surface area contributed by atoms with Crippen LogP contribution in [0.4, 0.5) is 0 Å². The van der Waals surface area contributed by atoms with Gasteiger partial charge in [-0.3, -0.25) is 9.59 Å². The van der Waals surface area contributed by atoms with Gasteiger partial charge in [0.25, 0.3) is 5.91 Å². The van der Waals surface area contributed by atoms with E-state index >= 15 is 0 Å². The van der Waals surface area contributed by atoms with Gasteiger partial charge < -0.3 is 28.7 Å². The summed E-state index contributed by atoms with van der Waals surface area (Å²) in [4.78, 5) is 29.1. The smallest absolute Gasteiger partial charge is 0.267 e. The van der Waals surface area contributed by atoms with Gasteiger partial charge in [0, 0.05) is 26.2 Å². The zero-order chi connectivity index (χ0) is 21.8. The van der Waals surface area contributed by atoms with Crippen LogP contribution in [0.2, 0.25) is 0 Å². The minimum atomic E-state index is -0.663. The molecule has 1 fully saturated rings. The quantitative estimate of drug-likeness (QED) is 0.725. The Kier molecular flexibility index (Phi) is 6.16. The Bertz CT molecular complexity index is 955. The van der Waals surface area contributed by atoms with Gasteiger partial charge in [0.15, 0.2) is 23.0 Å². The predicted molar refractivity (Wildman–Crippen MR) is 113 cm³/mol. The van der Waals surface area contributed by atoms with Crippen LogP contribution >= 0.6 is 0 Å². The Morgan fingerprint density at radius 2 is 1.61 bits per heavy atom. The van der Waals surface area contributed by atoms with Crippen LogP contribution in [0.3, 0.4) is 0 Å². The van der Waals surface area contributed by atoms with Crippen LogP contribution in [0.5, 0.6) is 23.0 Å². The van der Waals surface area contributed by atoms with E-state index in [1.807, 2.05) is 30.3 Å². The molecule has 1 atom stereocenters. The van der Waals surface area contributed by atoms with Crippen molar-refractivity contribution in [3.05, 3.63) is 48.0 Å². The third-order valence-corrected chi connectivity index (χ3v) is 5.53. The fourth-order valence-electron chi connectivity index (χ4n) is 3.80. The highest BCUT2D eigenvalue weighted by Crippen LogP contribution is 2.31. The van der Waals surface area contributed by atoms with Crippen molar-refractivity contribution >= 4 is 11.8 Å². The number of hydrogen-bond donors (Lipinski definition) is 0. The van der Waals surface area contributed by atoms with Gasteiger partial charge in [-0.2, -0.15) is 0 Å². The number of benzene rings is 2. The summed E-state index contributed by atoms with van der Waals surface area (Å²) < 4.78 is 22.0. The van der Waals surface area contributed by atoms with Crippen LogP contribution in [0.15, 0.2) is 42.5 Å². The highest BCUT2D eigenvalue weighted by Gasteiger charge is 2.33. The van der Waals surface area contributed by atoms with Crippen molar-refractivity contribution in [3.8, 4) is 23.0 Å². The molecule has 0 bridgehead atoms. The Morgan fingerprint density at radius 3 is 2.32 bits per heavy atom. The molecule has 2 aromatic rings. The number of para-hydroxylation sites is 2. The highest BCUT2D eigenvalue weighted by atomic mass is 16.6. The van der Waals surface area contributed by atoms with E-state index in [2.05, 4.69) is 0 Å². The standard InChI is InChI=1S/C23H26N2O6/c1-28-17-8-7-16(13-20(17)29-2)14-22(26)24-9-11-25(12-10-24)23(27)21-15-30-18-5-3-4-6-19(18)31-21/h3-8,13,21H,9-12,14-15H2,1-2H3/t21-/m1/s1. The second-order valence-corrected chi connectivity index (χ2v) is 7.44. The molecule has 2 aromatic carbocycles. The van der Waals surface area contributed by atoms with Gasteiger partial charge in [-0.05, 0) is 29.8 Å². The number of piperazine rings is 1. The van der Waals surface area contributed by atoms with E-state index in [1.165, 1.54) is 0 Å². The van der Waals surface area contributed by atoms with Crippen molar-refractivity contribution in [3.63, 3.8) is 0 Å². The first kappa shape index (κ1) is 20.8. The van der Waals surface area contributed by atoms with E-state index in [1.54, 1.807) is 36.2 Å². The first-order valence-electron chi connectivity index (χ1n) is 10.2. The summed E-state index contributed by atoms with van der Waals surface area (Å²) in [5.41, 5.74) is 0.854. The molecule has 0 aliphatic carbocycles. The number of rotatable bonds is 5. The molecule has 0 unspecified atom stereocenters. The molecule has 0 saturated carbocycles. The molecule has 0 radical (unpaired) electrons. The van der Waals surface area contributed by atoms with Crippen LogP contribution in [0, 0.1) is 0 Å². The molecule has 0 N–H and O–H groups in total. The van der Waals surface area contributed by atoms with Crippen LogP contribution in [-0.4, -0.2) is 74.7 Å². The van der Waals surface area contributed by atoms with Gasteiger partial charge in [0.1, 0.15) is 6.61 Å². The number of nitrogens with zero attached hydrogens (tertiary/aromatic N) is 2. The van der Waals surface area contributed by atoms with Crippen molar-refractivity contribution in [2.45, 2.75) is 12.5 Å². The average Bonchev–Trinajstić information content (AvgIpc) is 2.83. The highest BCUT2D eigenvalue weighted by molar-refractivity contribution is 5.83. The van der Waals surface area contributed by atoms with Gasteiger partial charge in [-0.15, -0.1) is 0 Å². The normalized spacial score (nSPS) is 17.8. The molecule has 1 saturated heterocycles. The van der Waals surface area contributed by atoms with Crippen molar-refractivity contribution in [1.29, 1.82) is 0 Å². The average molecular weight is 426 g/mol. The van der Waals surface area contributed by atoms with E-state index in [0.717, 1.165) is 5.56 Å². The molecular weight excluding hydrogens is 400 g/mol. The lowest BCUT2D eigenvalue weighted by atomic mass is 10.1. The van der Waals surface area contributed by atoms with Crippen LogP contribution in [-0.2, 0) is 16.0 Å². The fourth-order valence-corrected chi connectivity index (χ4v) is 3.80. The van der Waals surface area contributed by atoms with E-state index in [0.29, 0.717) is 49.2 Å². The third kappa shape index (κ3) is 4.52. The van der Waals surface area contributed by atoms with Gasteiger partial charge in [0.05, 0.1) is 20.6 Å². The van der Waals surface area contributed by atoms with Gasteiger partial charge in [-0.1, -0.05) is 18.2 Å². The summed E-state index contributed by atoms with van der Waals surface area (Å²) in [6.45, 7) is 2.11. The number of carbonyl (C=O) groups is 2. The Morgan fingerprint density at radius 1 is 0.935 bits per heavy atom. The van der Waals surface area contributed by atoms with Gasteiger partial charge >= 0.3 is 0 Å². The van der Waals surface area contributed by atoms with Gasteiger partial charge in [-0.25, -0.2) is 0 Å². The predicted octanol–water partition coefficient (Wildman–Crippen LogP) is 1.76. The minimum Gasteiger partial charge on any atom is -0.493 e. The Balaban J connectivity index is 1.30. The van der Waals surface area contributed by atoms with Crippen LogP contribution in [0.25, 0.3) is 0 Å². The summed E-state index contributed by atoms with van der Waals surface area (Å²) >= 11 is 0. The molecule has 2 aliphatic heterocycles. The fraction of sp³-hybridized carbons (Fsp3) is 0.391. The first-order valence-corrected chi connectivity index (χ1v) is 10.2. The van der Waals surface area contributed by atoms with Crippen LogP contribution < -0.4 is 18.9 Å². The lowest BCUT2D eigenvalue weighted by Gasteiger charge is -2.37. The topological polar surface area (TPSA) is 77.5 Å². The number of hydrogen-bond acceptors (Lipinski definition) is 6. The van der Waals surface area contributed by atoms with E-state index in [9.17, 15) is 9.59 Å². The minimum absolute atomic E-state index is 0.0190. The summed E-state index contributed by atoms with van der Waals surface area (Å²) in [6.07, 6.45) is -0.395. The van der Waals surface area contributed by atoms with Crippen molar-refractivity contribution in [2.75, 3.05) is 47.0 Å². The van der Waals surface area contributed by atoms with E-state index in [-0.39, 0.29) is 24.8 Å². The molecule has 0 aromatic heterocycles. The summed E-state index contributed by atoms with van der Waals surface area (Å²) in [7, 11) is 3.14. The first-order chi connectivity index (χ1) is 15.1. The molecule has 0 spiro atoms. The molecule has 164 valence electrons. The lowest BCUT2D eigenvalue weighted by Crippen LogP contribution is -2.55. The zero-order valence-electron chi connectivity index (χ0n) is 17.7. The number of methoxy groups -OCH3 is 2. The van der Waals surface area contributed by atoms with Crippen molar-refractivity contribution < 1.29 is 28.5 Å². The number of fused-ring (bicyclic) bond motifs is 1. The summed E-state index contributed by atoms with van der Waals surface area (Å²) in [5, 5.41) is 0. The second kappa shape index (κ2) is 9.16. The molecule has 2 amide bonds. The Labute approximate surface area is 181 Å². The van der Waals surface area contributed by atoms with Crippen molar-refractivity contribution in [1.82, 2.24) is 9.80 Å². The number of ether oxygens (including phenoxy) is 4. The second-order valence-electron chi connectivity index (χ2n) is 7.44. The van der Waals surface area contributed by atoms with E-state index in [4.69, 9.17) is 18.9 Å². The maximum absolute atomic E-state index is 12.9. The van der Waals surface area contributed by atoms with Gasteiger partial charge in [0.2, 0.25) is 12.0 Å². The molecule has 8 heteroatoms. The van der Waals surface area contributed by atoms with E-state index < -0.39 is 6.10 Å². The lowest BCUT2D eigenvalue weighted by molar-refractivity contribution is -0.146. The summed E-state index contributed by atoms with van der Waals surface area (Å²) in [5.74, 6) is 2.36. The molecule has 2 heterocycles. The molecule has 31 heavy (non-hydrogen) atoms. The molecular formula is C23H26N2O6. The third-order valence-electron chi connectivity index (χ3n) is 5.53. The maximum atomic E-state index is 12.9. The SMILES string of the molecule is COc1ccc(CC(=O)N2CCN(C(=O)[C@H]3COc4ccccc4O3)CC2)cc1OC. The summed E-state index contributed by atoms with van der Waals surface area (Å²) in [6, 6.07) is 12.8. The largest absolute Gasteiger partial charge is 0.493 e. The number of amides is 2. The van der Waals surface area contributed by atoms with Crippen LogP contribution in [0.1, 0.15) is 5.56 Å². The number of carbonyl (C=O) groups excluding carboxylic acids is 2. The molecule has 8 nitrogen and oxygen atoms in total. The molecule has 4 rings (SSSR count). The monoisotopic (exact) mass is 426 g/mol. The van der Waals surface area contributed by atoms with Crippen molar-refractivity contribution in [2.24, 2.45) is 0 Å². The molecule has 2 aliphatic rings. The Hall–Kier alpha value is -3.42.